The van der Waals surface area contributed by atoms with Gasteiger partial charge in [0.25, 0.3) is 0 Å². The standard InChI is InChI=1S/C17H18N2O5/c1-19(15(17(23)24)11-4-8-13(21)9-5-11)16(22)14(18)10-2-6-12(20)7-3-10/h2-9,14-15,20-21H,18H2,1H3,(H,23,24). The number of aromatic hydroxyl groups is 2. The van der Waals surface area contributed by atoms with E-state index in [4.69, 9.17) is 5.73 Å². The van der Waals surface area contributed by atoms with Crippen LogP contribution >= 0.6 is 0 Å². The van der Waals surface area contributed by atoms with E-state index in [0.29, 0.717) is 11.1 Å². The van der Waals surface area contributed by atoms with Crippen LogP contribution in [0.25, 0.3) is 0 Å². The van der Waals surface area contributed by atoms with Gasteiger partial charge in [0.05, 0.1) is 0 Å². The van der Waals surface area contributed by atoms with Crippen LogP contribution < -0.4 is 5.73 Å². The highest BCUT2D eigenvalue weighted by Gasteiger charge is 2.31. The third-order valence-corrected chi connectivity index (χ3v) is 3.70. The van der Waals surface area contributed by atoms with Gasteiger partial charge in [-0.15, -0.1) is 0 Å². The Hall–Kier alpha value is -3.06. The predicted octanol–water partition coefficient (Wildman–Crippen LogP) is 1.38. The second-order valence-corrected chi connectivity index (χ2v) is 5.35. The van der Waals surface area contributed by atoms with E-state index in [2.05, 4.69) is 0 Å². The van der Waals surface area contributed by atoms with E-state index in [1.165, 1.54) is 55.6 Å². The molecule has 0 heterocycles. The van der Waals surface area contributed by atoms with Crippen molar-refractivity contribution in [3.63, 3.8) is 0 Å². The normalized spacial score (nSPS) is 13.1. The van der Waals surface area contributed by atoms with E-state index in [1.54, 1.807) is 0 Å². The lowest BCUT2D eigenvalue weighted by Crippen LogP contribution is -2.41. The van der Waals surface area contributed by atoms with Gasteiger partial charge in [-0.05, 0) is 35.4 Å². The van der Waals surface area contributed by atoms with E-state index in [1.807, 2.05) is 0 Å². The van der Waals surface area contributed by atoms with Crippen molar-refractivity contribution >= 4 is 11.9 Å². The van der Waals surface area contributed by atoms with Crippen LogP contribution in [0.15, 0.2) is 48.5 Å². The maximum atomic E-state index is 12.5. The van der Waals surface area contributed by atoms with Crippen molar-refractivity contribution in [3.05, 3.63) is 59.7 Å². The van der Waals surface area contributed by atoms with Crippen molar-refractivity contribution < 1.29 is 24.9 Å². The minimum absolute atomic E-state index is 0.00216. The van der Waals surface area contributed by atoms with Gasteiger partial charge < -0.3 is 26.0 Å². The molecule has 0 aliphatic rings. The molecule has 2 atom stereocenters. The Morgan fingerprint density at radius 1 is 0.917 bits per heavy atom. The Kier molecular flexibility index (Phi) is 5.05. The van der Waals surface area contributed by atoms with Crippen molar-refractivity contribution in [2.75, 3.05) is 7.05 Å². The van der Waals surface area contributed by atoms with Crippen LogP contribution in [-0.2, 0) is 9.59 Å². The largest absolute Gasteiger partial charge is 0.508 e. The van der Waals surface area contributed by atoms with Crippen molar-refractivity contribution in [2.24, 2.45) is 5.73 Å². The number of phenolic OH excluding ortho intramolecular Hbond substituents is 2. The molecule has 0 spiro atoms. The minimum atomic E-state index is -1.23. The predicted molar refractivity (Wildman–Crippen MR) is 86.3 cm³/mol. The van der Waals surface area contributed by atoms with Crippen molar-refractivity contribution in [1.82, 2.24) is 4.90 Å². The lowest BCUT2D eigenvalue weighted by Gasteiger charge is -2.28. The number of hydrogen-bond acceptors (Lipinski definition) is 5. The van der Waals surface area contributed by atoms with Crippen LogP contribution in [0.1, 0.15) is 23.2 Å². The highest BCUT2D eigenvalue weighted by molar-refractivity contribution is 5.88. The Morgan fingerprint density at radius 2 is 1.33 bits per heavy atom. The van der Waals surface area contributed by atoms with Crippen molar-refractivity contribution in [2.45, 2.75) is 12.1 Å². The van der Waals surface area contributed by atoms with E-state index in [-0.39, 0.29) is 11.5 Å². The monoisotopic (exact) mass is 330 g/mol. The summed E-state index contributed by atoms with van der Waals surface area (Å²) in [6.07, 6.45) is 0. The number of nitrogens with zero attached hydrogens (tertiary/aromatic N) is 1. The molecule has 0 fully saturated rings. The fourth-order valence-electron chi connectivity index (χ4n) is 2.36. The molecular formula is C17H18N2O5. The molecule has 2 unspecified atom stereocenters. The third-order valence-electron chi connectivity index (χ3n) is 3.70. The van der Waals surface area contributed by atoms with Crippen LogP contribution in [-0.4, -0.2) is 39.1 Å². The van der Waals surface area contributed by atoms with E-state index >= 15 is 0 Å². The highest BCUT2D eigenvalue weighted by Crippen LogP contribution is 2.25. The number of rotatable bonds is 5. The summed E-state index contributed by atoms with van der Waals surface area (Å²) in [6.45, 7) is 0. The Bertz CT molecular complexity index is 728. The molecule has 126 valence electrons. The first-order valence-electron chi connectivity index (χ1n) is 7.14. The molecule has 0 aliphatic carbocycles. The summed E-state index contributed by atoms with van der Waals surface area (Å²) in [7, 11) is 1.36. The van der Waals surface area contributed by atoms with Gasteiger partial charge in [0, 0.05) is 7.05 Å². The third kappa shape index (κ3) is 3.64. The first-order valence-corrected chi connectivity index (χ1v) is 7.14. The Morgan fingerprint density at radius 3 is 1.75 bits per heavy atom. The van der Waals surface area contributed by atoms with Crippen LogP contribution in [0.4, 0.5) is 0 Å². The molecule has 2 aromatic rings. The summed E-state index contributed by atoms with van der Waals surface area (Å²) in [5.41, 5.74) is 6.72. The maximum Gasteiger partial charge on any atom is 0.331 e. The number of carbonyl (C=O) groups excluding carboxylic acids is 1. The van der Waals surface area contributed by atoms with Gasteiger partial charge in [0.15, 0.2) is 6.04 Å². The molecule has 7 nitrogen and oxygen atoms in total. The SMILES string of the molecule is CN(C(=O)C(N)c1ccc(O)cc1)C(C(=O)O)c1ccc(O)cc1. The zero-order valence-corrected chi connectivity index (χ0v) is 13.0. The average molecular weight is 330 g/mol. The van der Waals surface area contributed by atoms with E-state index in [0.717, 1.165) is 4.90 Å². The fraction of sp³-hybridized carbons (Fsp3) is 0.176. The van der Waals surface area contributed by atoms with Crippen LogP contribution in [0.3, 0.4) is 0 Å². The highest BCUT2D eigenvalue weighted by atomic mass is 16.4. The average Bonchev–Trinajstić information content (AvgIpc) is 2.55. The molecule has 7 heteroatoms. The number of hydrogen-bond donors (Lipinski definition) is 4. The molecule has 0 aliphatic heterocycles. The topological polar surface area (TPSA) is 124 Å². The van der Waals surface area contributed by atoms with Crippen LogP contribution in [0.5, 0.6) is 11.5 Å². The summed E-state index contributed by atoms with van der Waals surface area (Å²) in [5.74, 6) is -1.76. The number of carboxylic acid groups (broad SMARTS) is 1. The quantitative estimate of drug-likeness (QED) is 0.656. The molecule has 1 amide bonds. The van der Waals surface area contributed by atoms with Crippen molar-refractivity contribution in [3.8, 4) is 11.5 Å². The summed E-state index contributed by atoms with van der Waals surface area (Å²) in [4.78, 5) is 25.2. The summed E-state index contributed by atoms with van der Waals surface area (Å²) in [5, 5.41) is 28.1. The van der Waals surface area contributed by atoms with E-state index < -0.39 is 24.0 Å². The number of benzene rings is 2. The first kappa shape index (κ1) is 17.3. The Balaban J connectivity index is 2.27. The number of amides is 1. The molecule has 24 heavy (non-hydrogen) atoms. The molecule has 0 aromatic heterocycles. The smallest absolute Gasteiger partial charge is 0.331 e. The van der Waals surface area contributed by atoms with Gasteiger partial charge >= 0.3 is 5.97 Å². The molecule has 0 bridgehead atoms. The zero-order chi connectivity index (χ0) is 17.9. The number of carboxylic acids is 1. The lowest BCUT2D eigenvalue weighted by molar-refractivity contribution is -0.150. The number of carbonyl (C=O) groups is 2. The second kappa shape index (κ2) is 7.01. The van der Waals surface area contributed by atoms with Crippen LogP contribution in [0.2, 0.25) is 0 Å². The molecule has 0 saturated heterocycles. The number of nitrogens with two attached hydrogens (primary N) is 1. The summed E-state index contributed by atoms with van der Waals surface area (Å²) in [6, 6.07) is 9.08. The number of aliphatic carboxylic acids is 1. The molecule has 2 rings (SSSR count). The molecule has 0 radical (unpaired) electrons. The fourth-order valence-corrected chi connectivity index (χ4v) is 2.36. The first-order chi connectivity index (χ1) is 11.3. The van der Waals surface area contributed by atoms with Crippen molar-refractivity contribution in [1.29, 1.82) is 0 Å². The summed E-state index contributed by atoms with van der Waals surface area (Å²) < 4.78 is 0. The maximum absolute atomic E-state index is 12.5. The van der Waals surface area contributed by atoms with Gasteiger partial charge in [-0.2, -0.15) is 0 Å². The molecule has 2 aromatic carbocycles. The molecular weight excluding hydrogens is 312 g/mol. The van der Waals surface area contributed by atoms with Gasteiger partial charge in [-0.1, -0.05) is 24.3 Å². The number of phenols is 2. The lowest BCUT2D eigenvalue weighted by atomic mass is 10.0. The van der Waals surface area contributed by atoms with Gasteiger partial charge in [-0.3, -0.25) is 4.79 Å². The Labute approximate surface area is 138 Å². The van der Waals surface area contributed by atoms with E-state index in [9.17, 15) is 24.9 Å². The van der Waals surface area contributed by atoms with Crippen LogP contribution in [0, 0.1) is 0 Å². The van der Waals surface area contributed by atoms with Gasteiger partial charge in [0.1, 0.15) is 17.5 Å². The summed E-state index contributed by atoms with van der Waals surface area (Å²) >= 11 is 0. The minimum Gasteiger partial charge on any atom is -0.508 e. The van der Waals surface area contributed by atoms with Gasteiger partial charge in [-0.25, -0.2) is 4.79 Å². The second-order valence-electron chi connectivity index (χ2n) is 5.35. The molecule has 5 N–H and O–H groups in total. The zero-order valence-electron chi connectivity index (χ0n) is 13.0. The number of likely N-dealkylation sites (N-methyl/N-ethyl adjacent to an activating group) is 1. The molecule has 0 saturated carbocycles. The van der Waals surface area contributed by atoms with Gasteiger partial charge in [0.2, 0.25) is 5.91 Å².